The largest absolute Gasteiger partial charge is 0.508 e. The highest BCUT2D eigenvalue weighted by Gasteiger charge is 2.69. The lowest BCUT2D eigenvalue weighted by Crippen LogP contribution is -2.51. The Kier molecular flexibility index (Phi) is 2.90. The molecule has 1 aromatic carbocycles. The molecule has 5 rings (SSSR count). The first-order valence-electron chi connectivity index (χ1n) is 9.81. The second-order valence-corrected chi connectivity index (χ2v) is 9.39. The van der Waals surface area contributed by atoms with Crippen LogP contribution in [0.5, 0.6) is 5.75 Å². The average molecular weight is 324 g/mol. The first kappa shape index (κ1) is 15.0. The predicted octanol–water partition coefficient (Wildman–Crippen LogP) is 4.84. The monoisotopic (exact) mass is 324 g/mol. The smallest absolute Gasteiger partial charge is 0.139 e. The second kappa shape index (κ2) is 4.65. The van der Waals surface area contributed by atoms with E-state index < -0.39 is 0 Å². The number of carbonyl (C=O) groups excluding carboxylic acids is 1. The number of aryl methyl sites for hydroxylation is 1. The lowest BCUT2D eigenvalue weighted by molar-refractivity contribution is -0.139. The van der Waals surface area contributed by atoms with Crippen molar-refractivity contribution < 1.29 is 9.90 Å². The van der Waals surface area contributed by atoms with E-state index in [1.807, 2.05) is 12.1 Å². The molecule has 4 aliphatic rings. The van der Waals surface area contributed by atoms with E-state index in [0.29, 0.717) is 35.2 Å². The normalized spacial score (nSPS) is 46.2. The number of aromatic hydroxyl groups is 1. The zero-order valence-corrected chi connectivity index (χ0v) is 14.8. The standard InChI is InChI=1S/C22H28O2/c1-13-12-22-18(7-9-21(22,2)10-8-19(22)24)17-5-3-14-11-15(23)4-6-16(14)20(13)17/h4,6,11,13,17-18,20,23H,3,5,7-10,12H2,1-2H3/t13-,17?,18?,20?,21+,22-/m1/s1. The molecule has 3 unspecified atom stereocenters. The van der Waals surface area contributed by atoms with Gasteiger partial charge in [0, 0.05) is 11.8 Å². The van der Waals surface area contributed by atoms with Crippen LogP contribution in [0.2, 0.25) is 0 Å². The minimum Gasteiger partial charge on any atom is -0.508 e. The van der Waals surface area contributed by atoms with Gasteiger partial charge in [-0.2, -0.15) is 0 Å². The first-order chi connectivity index (χ1) is 11.5. The second-order valence-electron chi connectivity index (χ2n) is 9.39. The van der Waals surface area contributed by atoms with Crippen LogP contribution in [0.4, 0.5) is 0 Å². The Morgan fingerprint density at radius 1 is 1.17 bits per heavy atom. The third-order valence-electron chi connectivity index (χ3n) is 8.59. The van der Waals surface area contributed by atoms with Gasteiger partial charge in [-0.3, -0.25) is 4.79 Å². The van der Waals surface area contributed by atoms with Crippen molar-refractivity contribution in [3.05, 3.63) is 29.3 Å². The van der Waals surface area contributed by atoms with E-state index >= 15 is 0 Å². The van der Waals surface area contributed by atoms with Gasteiger partial charge in [0.2, 0.25) is 0 Å². The van der Waals surface area contributed by atoms with Crippen molar-refractivity contribution in [3.63, 3.8) is 0 Å². The van der Waals surface area contributed by atoms with E-state index in [2.05, 4.69) is 19.9 Å². The number of ketones is 1. The van der Waals surface area contributed by atoms with Gasteiger partial charge in [-0.25, -0.2) is 0 Å². The third kappa shape index (κ3) is 1.61. The summed E-state index contributed by atoms with van der Waals surface area (Å²) in [6, 6.07) is 6.00. The van der Waals surface area contributed by atoms with Crippen molar-refractivity contribution in [3.8, 4) is 5.75 Å². The van der Waals surface area contributed by atoms with Crippen molar-refractivity contribution in [1.82, 2.24) is 0 Å². The van der Waals surface area contributed by atoms with Crippen molar-refractivity contribution >= 4 is 5.78 Å². The molecule has 3 saturated carbocycles. The molecule has 1 spiro atoms. The number of phenolic OH excluding ortho intramolecular Hbond substituents is 1. The van der Waals surface area contributed by atoms with Crippen LogP contribution in [0, 0.1) is 28.6 Å². The van der Waals surface area contributed by atoms with Crippen molar-refractivity contribution in [2.24, 2.45) is 28.6 Å². The number of phenols is 1. The average Bonchev–Trinajstić information content (AvgIpc) is 2.98. The molecule has 6 atom stereocenters. The number of rotatable bonds is 0. The topological polar surface area (TPSA) is 37.3 Å². The van der Waals surface area contributed by atoms with Crippen LogP contribution in [0.1, 0.15) is 69.4 Å². The highest BCUT2D eigenvalue weighted by molar-refractivity contribution is 5.89. The molecular weight excluding hydrogens is 296 g/mol. The van der Waals surface area contributed by atoms with Gasteiger partial charge in [-0.15, -0.1) is 0 Å². The number of hydrogen-bond acceptors (Lipinski definition) is 2. The number of carbonyl (C=O) groups is 1. The zero-order valence-electron chi connectivity index (χ0n) is 14.8. The molecule has 0 saturated heterocycles. The highest BCUT2D eigenvalue weighted by Crippen LogP contribution is 2.72. The first-order valence-corrected chi connectivity index (χ1v) is 9.81. The zero-order chi connectivity index (χ0) is 16.7. The molecule has 0 heterocycles. The van der Waals surface area contributed by atoms with E-state index in [9.17, 15) is 9.90 Å². The Hall–Kier alpha value is -1.31. The van der Waals surface area contributed by atoms with Crippen molar-refractivity contribution in [2.45, 2.75) is 64.7 Å². The predicted molar refractivity (Wildman–Crippen MR) is 93.9 cm³/mol. The number of benzene rings is 1. The van der Waals surface area contributed by atoms with E-state index in [0.717, 1.165) is 25.7 Å². The summed E-state index contributed by atoms with van der Waals surface area (Å²) in [4.78, 5) is 13.1. The SMILES string of the molecule is C[C@@H]1C[C@@]23C(=O)CC[C@]2(C)CCC3C2CCc3cc(O)ccc3C21. The maximum Gasteiger partial charge on any atom is 0.139 e. The van der Waals surface area contributed by atoms with Crippen molar-refractivity contribution in [2.75, 3.05) is 0 Å². The quantitative estimate of drug-likeness (QED) is 0.741. The lowest BCUT2D eigenvalue weighted by atomic mass is 9.48. The summed E-state index contributed by atoms with van der Waals surface area (Å²) in [7, 11) is 0. The Labute approximate surface area is 144 Å². The lowest BCUT2D eigenvalue weighted by Gasteiger charge is -2.55. The van der Waals surface area contributed by atoms with Crippen LogP contribution in [0.15, 0.2) is 18.2 Å². The Morgan fingerprint density at radius 2 is 2.00 bits per heavy atom. The molecule has 1 N–H and O–H groups in total. The number of fused-ring (bicyclic) bond motifs is 4. The Balaban J connectivity index is 1.62. The maximum absolute atomic E-state index is 13.1. The maximum atomic E-state index is 13.1. The summed E-state index contributed by atoms with van der Waals surface area (Å²) in [5.74, 6) is 3.39. The fraction of sp³-hybridized carbons (Fsp3) is 0.682. The molecule has 0 radical (unpaired) electrons. The molecule has 0 aromatic heterocycles. The van der Waals surface area contributed by atoms with Gasteiger partial charge in [-0.05, 0) is 90.9 Å². The third-order valence-corrected chi connectivity index (χ3v) is 8.59. The Bertz CT molecular complexity index is 723. The van der Waals surface area contributed by atoms with Crippen LogP contribution >= 0.6 is 0 Å². The summed E-state index contributed by atoms with van der Waals surface area (Å²) >= 11 is 0. The van der Waals surface area contributed by atoms with Crippen LogP contribution < -0.4 is 0 Å². The van der Waals surface area contributed by atoms with E-state index in [1.54, 1.807) is 0 Å². The highest BCUT2D eigenvalue weighted by atomic mass is 16.3. The summed E-state index contributed by atoms with van der Waals surface area (Å²) in [5, 5.41) is 9.85. The fourth-order valence-corrected chi connectivity index (χ4v) is 7.67. The van der Waals surface area contributed by atoms with Gasteiger partial charge in [0.1, 0.15) is 11.5 Å². The van der Waals surface area contributed by atoms with E-state index in [-0.39, 0.29) is 10.8 Å². The van der Waals surface area contributed by atoms with Crippen molar-refractivity contribution in [1.29, 1.82) is 0 Å². The summed E-state index contributed by atoms with van der Waals surface area (Å²) < 4.78 is 0. The summed E-state index contributed by atoms with van der Waals surface area (Å²) in [5.41, 5.74) is 3.06. The molecule has 128 valence electrons. The van der Waals surface area contributed by atoms with E-state index in [4.69, 9.17) is 0 Å². The Morgan fingerprint density at radius 3 is 2.83 bits per heavy atom. The molecule has 3 fully saturated rings. The molecule has 0 bridgehead atoms. The van der Waals surface area contributed by atoms with Crippen LogP contribution in [0.3, 0.4) is 0 Å². The fourth-order valence-electron chi connectivity index (χ4n) is 7.67. The van der Waals surface area contributed by atoms with Crippen LogP contribution in [-0.2, 0) is 11.2 Å². The minimum atomic E-state index is -0.0119. The molecule has 2 heteroatoms. The molecule has 2 nitrogen and oxygen atoms in total. The van der Waals surface area contributed by atoms with E-state index in [1.165, 1.54) is 30.4 Å². The molecule has 24 heavy (non-hydrogen) atoms. The van der Waals surface area contributed by atoms with Gasteiger partial charge < -0.3 is 5.11 Å². The van der Waals surface area contributed by atoms with Crippen LogP contribution in [0.25, 0.3) is 0 Å². The molecular formula is C22H28O2. The molecule has 0 amide bonds. The van der Waals surface area contributed by atoms with Gasteiger partial charge in [0.25, 0.3) is 0 Å². The van der Waals surface area contributed by atoms with Gasteiger partial charge in [-0.1, -0.05) is 19.9 Å². The molecule has 1 aromatic rings. The molecule has 0 aliphatic heterocycles. The number of hydrogen-bond donors (Lipinski definition) is 1. The van der Waals surface area contributed by atoms with Gasteiger partial charge in [0.05, 0.1) is 0 Å². The van der Waals surface area contributed by atoms with Crippen LogP contribution in [-0.4, -0.2) is 10.9 Å². The van der Waals surface area contributed by atoms with Gasteiger partial charge in [0.15, 0.2) is 0 Å². The molecule has 4 aliphatic carbocycles. The summed E-state index contributed by atoms with van der Waals surface area (Å²) in [6.45, 7) is 4.80. The number of Topliss-reactive ketones (excluding diaryl/α,β-unsaturated/α-hetero) is 1. The van der Waals surface area contributed by atoms with Gasteiger partial charge >= 0.3 is 0 Å². The summed E-state index contributed by atoms with van der Waals surface area (Å²) in [6.07, 6.45) is 7.80. The minimum absolute atomic E-state index is 0.0119.